The molecule has 0 bridgehead atoms. The van der Waals surface area contributed by atoms with Crippen LogP contribution in [0.5, 0.6) is 0 Å². The Labute approximate surface area is 189 Å². The fourth-order valence-corrected chi connectivity index (χ4v) is 3.69. The molecule has 1 aliphatic heterocycles. The van der Waals surface area contributed by atoms with E-state index in [1.807, 2.05) is 50.2 Å². The molecule has 1 heterocycles. The van der Waals surface area contributed by atoms with E-state index in [1.54, 1.807) is 17.0 Å². The molecule has 0 spiro atoms. The van der Waals surface area contributed by atoms with Crippen molar-refractivity contribution >= 4 is 29.2 Å². The van der Waals surface area contributed by atoms with Crippen molar-refractivity contribution in [2.24, 2.45) is 0 Å². The maximum Gasteiger partial charge on any atom is 0.319 e. The van der Waals surface area contributed by atoms with E-state index in [0.717, 1.165) is 16.8 Å². The number of nitrogens with zero attached hydrogens (tertiary/aromatic N) is 2. The van der Waals surface area contributed by atoms with Crippen LogP contribution in [0.1, 0.15) is 17.5 Å². The molecule has 0 radical (unpaired) electrons. The van der Waals surface area contributed by atoms with Crippen molar-refractivity contribution < 1.29 is 14.4 Å². The van der Waals surface area contributed by atoms with Crippen LogP contribution in [0.2, 0.25) is 0 Å². The zero-order valence-electron chi connectivity index (χ0n) is 18.7. The molecular formula is C24H31N5O3. The van der Waals surface area contributed by atoms with Crippen molar-refractivity contribution in [3.8, 4) is 0 Å². The van der Waals surface area contributed by atoms with E-state index in [0.29, 0.717) is 38.4 Å². The summed E-state index contributed by atoms with van der Waals surface area (Å²) in [5.74, 6) is -0.0412. The van der Waals surface area contributed by atoms with Crippen LogP contribution in [0.4, 0.5) is 16.2 Å². The molecule has 3 rings (SSSR count). The second-order valence-corrected chi connectivity index (χ2v) is 7.97. The average Bonchev–Trinajstić information content (AvgIpc) is 2.77. The van der Waals surface area contributed by atoms with Gasteiger partial charge in [-0.1, -0.05) is 36.4 Å². The van der Waals surface area contributed by atoms with E-state index in [9.17, 15) is 14.4 Å². The summed E-state index contributed by atoms with van der Waals surface area (Å²) in [5, 5.41) is 8.44. The number of benzene rings is 2. The van der Waals surface area contributed by atoms with Gasteiger partial charge in [-0.25, -0.2) is 4.79 Å². The van der Waals surface area contributed by atoms with E-state index in [1.165, 1.54) is 0 Å². The van der Waals surface area contributed by atoms with E-state index < -0.39 is 0 Å². The lowest BCUT2D eigenvalue weighted by Crippen LogP contribution is -2.50. The van der Waals surface area contributed by atoms with Gasteiger partial charge in [-0.2, -0.15) is 0 Å². The second kappa shape index (κ2) is 11.3. The number of amides is 4. The van der Waals surface area contributed by atoms with Crippen LogP contribution >= 0.6 is 0 Å². The fourth-order valence-electron chi connectivity index (χ4n) is 3.69. The summed E-state index contributed by atoms with van der Waals surface area (Å²) in [7, 11) is 0. The van der Waals surface area contributed by atoms with E-state index in [-0.39, 0.29) is 30.8 Å². The molecule has 8 heteroatoms. The summed E-state index contributed by atoms with van der Waals surface area (Å²) in [6.07, 6.45) is 0.245. The zero-order chi connectivity index (χ0) is 22.9. The summed E-state index contributed by atoms with van der Waals surface area (Å²) < 4.78 is 0. The summed E-state index contributed by atoms with van der Waals surface area (Å²) in [6.45, 7) is 6.98. The summed E-state index contributed by atoms with van der Waals surface area (Å²) >= 11 is 0. The molecule has 3 N–H and O–H groups in total. The Morgan fingerprint density at radius 1 is 0.844 bits per heavy atom. The van der Waals surface area contributed by atoms with Gasteiger partial charge >= 0.3 is 6.03 Å². The maximum absolute atomic E-state index is 12.5. The number of carbonyl (C=O) groups is 3. The van der Waals surface area contributed by atoms with Gasteiger partial charge in [-0.15, -0.1) is 0 Å². The minimum Gasteiger partial charge on any atom is -0.340 e. The molecule has 170 valence electrons. The van der Waals surface area contributed by atoms with Crippen LogP contribution in [0.25, 0.3) is 0 Å². The highest BCUT2D eigenvalue weighted by molar-refractivity contribution is 5.93. The Bertz CT molecular complexity index is 920. The average molecular weight is 438 g/mol. The van der Waals surface area contributed by atoms with Crippen LogP contribution in [0.3, 0.4) is 0 Å². The highest BCUT2D eigenvalue weighted by atomic mass is 16.2. The molecule has 0 aliphatic carbocycles. The minimum absolute atomic E-state index is 0.00430. The second-order valence-electron chi connectivity index (χ2n) is 7.97. The fraction of sp³-hybridized carbons (Fsp3) is 0.375. The highest BCUT2D eigenvalue weighted by Crippen LogP contribution is 2.19. The summed E-state index contributed by atoms with van der Waals surface area (Å²) in [4.78, 5) is 40.6. The molecule has 0 saturated carbocycles. The summed E-state index contributed by atoms with van der Waals surface area (Å²) in [6, 6.07) is 14.8. The van der Waals surface area contributed by atoms with Crippen LogP contribution in [0.15, 0.2) is 48.5 Å². The van der Waals surface area contributed by atoms with Gasteiger partial charge in [-0.05, 0) is 37.1 Å². The molecule has 1 aliphatic rings. The SMILES string of the molecule is Cc1cccc(C)c1NC(=O)CN1CCN(C(=O)CCNC(=O)Nc2ccccc2)CC1. The van der Waals surface area contributed by atoms with Crippen LogP contribution in [-0.2, 0) is 9.59 Å². The predicted molar refractivity (Wildman–Crippen MR) is 126 cm³/mol. The van der Waals surface area contributed by atoms with Crippen molar-refractivity contribution in [3.05, 3.63) is 59.7 Å². The quantitative estimate of drug-likeness (QED) is 0.621. The molecule has 0 aromatic heterocycles. The number of hydrogen-bond acceptors (Lipinski definition) is 4. The molecule has 0 atom stereocenters. The van der Waals surface area contributed by atoms with Gasteiger partial charge in [0.05, 0.1) is 6.54 Å². The smallest absolute Gasteiger partial charge is 0.319 e. The van der Waals surface area contributed by atoms with E-state index in [4.69, 9.17) is 0 Å². The first-order valence-electron chi connectivity index (χ1n) is 10.9. The number of rotatable bonds is 7. The normalized spacial score (nSPS) is 14.0. The van der Waals surface area contributed by atoms with Crippen LogP contribution in [0, 0.1) is 13.8 Å². The molecule has 0 unspecified atom stereocenters. The molecule has 4 amide bonds. The number of para-hydroxylation sites is 2. The third-order valence-electron chi connectivity index (χ3n) is 5.49. The lowest BCUT2D eigenvalue weighted by molar-refractivity contribution is -0.132. The van der Waals surface area contributed by atoms with Gasteiger partial charge in [0.1, 0.15) is 0 Å². The number of hydrogen-bond donors (Lipinski definition) is 3. The highest BCUT2D eigenvalue weighted by Gasteiger charge is 2.22. The van der Waals surface area contributed by atoms with Crippen molar-refractivity contribution in [2.45, 2.75) is 20.3 Å². The number of carbonyl (C=O) groups excluding carboxylic acids is 3. The monoisotopic (exact) mass is 437 g/mol. The topological polar surface area (TPSA) is 93.8 Å². The zero-order valence-corrected chi connectivity index (χ0v) is 18.7. The molecular weight excluding hydrogens is 406 g/mol. The van der Waals surface area contributed by atoms with Gasteiger partial charge in [0.25, 0.3) is 0 Å². The molecule has 2 aromatic carbocycles. The molecule has 1 saturated heterocycles. The Morgan fingerprint density at radius 2 is 1.50 bits per heavy atom. The predicted octanol–water partition coefficient (Wildman–Crippen LogP) is 2.60. The Balaban J connectivity index is 1.34. The molecule has 2 aromatic rings. The van der Waals surface area contributed by atoms with Gasteiger partial charge in [0.15, 0.2) is 0 Å². The Morgan fingerprint density at radius 3 is 2.16 bits per heavy atom. The van der Waals surface area contributed by atoms with Crippen molar-refractivity contribution in [3.63, 3.8) is 0 Å². The molecule has 1 fully saturated rings. The maximum atomic E-state index is 12.5. The number of aryl methyl sites for hydroxylation is 2. The Hall–Kier alpha value is -3.39. The van der Waals surface area contributed by atoms with Crippen molar-refractivity contribution in [1.29, 1.82) is 0 Å². The van der Waals surface area contributed by atoms with Crippen molar-refractivity contribution in [2.75, 3.05) is 49.9 Å². The minimum atomic E-state index is -0.330. The molecule has 32 heavy (non-hydrogen) atoms. The van der Waals surface area contributed by atoms with Gasteiger partial charge < -0.3 is 20.9 Å². The van der Waals surface area contributed by atoms with Gasteiger partial charge in [-0.3, -0.25) is 14.5 Å². The lowest BCUT2D eigenvalue weighted by atomic mass is 10.1. The number of piperazine rings is 1. The first kappa shape index (κ1) is 23.3. The number of nitrogens with one attached hydrogen (secondary N) is 3. The first-order chi connectivity index (χ1) is 15.4. The van der Waals surface area contributed by atoms with Crippen LogP contribution < -0.4 is 16.0 Å². The number of anilines is 2. The van der Waals surface area contributed by atoms with E-state index >= 15 is 0 Å². The number of urea groups is 1. The molecule has 8 nitrogen and oxygen atoms in total. The third kappa shape index (κ3) is 6.81. The van der Waals surface area contributed by atoms with Gasteiger partial charge in [0.2, 0.25) is 11.8 Å². The van der Waals surface area contributed by atoms with Crippen molar-refractivity contribution in [1.82, 2.24) is 15.1 Å². The Kier molecular flexibility index (Phi) is 8.21. The lowest BCUT2D eigenvalue weighted by Gasteiger charge is -2.34. The largest absolute Gasteiger partial charge is 0.340 e. The van der Waals surface area contributed by atoms with Crippen LogP contribution in [-0.4, -0.2) is 66.9 Å². The third-order valence-corrected chi connectivity index (χ3v) is 5.49. The summed E-state index contributed by atoms with van der Waals surface area (Å²) in [5.41, 5.74) is 3.66. The standard InChI is InChI=1S/C24H31N5O3/c1-18-7-6-8-19(2)23(18)27-21(30)17-28-13-15-29(16-14-28)22(31)11-12-25-24(32)26-20-9-4-3-5-10-20/h3-10H,11-17H2,1-2H3,(H,27,30)(H2,25,26,32). The van der Waals surface area contributed by atoms with Gasteiger partial charge in [0, 0.05) is 50.5 Å². The van der Waals surface area contributed by atoms with E-state index in [2.05, 4.69) is 20.9 Å². The first-order valence-corrected chi connectivity index (χ1v) is 10.9.